The SMILES string of the molecule is CNc1cc2cc(C(C)(C)O)n(C[C@@H](O)CO)c2cc1F. The Hall–Kier alpha value is -1.63. The molecule has 0 aliphatic carbocycles. The summed E-state index contributed by atoms with van der Waals surface area (Å²) in [6, 6.07) is 4.78. The molecule has 0 radical (unpaired) electrons. The molecule has 6 heteroatoms. The molecule has 0 saturated heterocycles. The van der Waals surface area contributed by atoms with E-state index in [1.165, 1.54) is 6.07 Å². The molecule has 21 heavy (non-hydrogen) atoms. The van der Waals surface area contributed by atoms with E-state index in [4.69, 9.17) is 5.11 Å². The van der Waals surface area contributed by atoms with Crippen LogP contribution in [-0.2, 0) is 12.1 Å². The smallest absolute Gasteiger partial charge is 0.148 e. The number of hydrogen-bond acceptors (Lipinski definition) is 4. The lowest BCUT2D eigenvalue weighted by Gasteiger charge is -2.22. The topological polar surface area (TPSA) is 77.7 Å². The van der Waals surface area contributed by atoms with Crippen LogP contribution in [0.3, 0.4) is 0 Å². The zero-order valence-electron chi connectivity index (χ0n) is 12.4. The van der Waals surface area contributed by atoms with E-state index < -0.39 is 24.1 Å². The lowest BCUT2D eigenvalue weighted by Crippen LogP contribution is -2.26. The van der Waals surface area contributed by atoms with Gasteiger partial charge in [-0.25, -0.2) is 4.39 Å². The van der Waals surface area contributed by atoms with Gasteiger partial charge in [0, 0.05) is 18.5 Å². The van der Waals surface area contributed by atoms with Crippen molar-refractivity contribution in [2.45, 2.75) is 32.1 Å². The number of nitrogens with one attached hydrogen (secondary N) is 1. The first kappa shape index (κ1) is 15.8. The van der Waals surface area contributed by atoms with Crippen LogP contribution in [0, 0.1) is 5.82 Å². The van der Waals surface area contributed by atoms with Gasteiger partial charge in [0.1, 0.15) is 5.82 Å². The zero-order valence-corrected chi connectivity index (χ0v) is 12.4. The summed E-state index contributed by atoms with van der Waals surface area (Å²) in [7, 11) is 1.63. The zero-order chi connectivity index (χ0) is 15.8. The molecule has 5 nitrogen and oxygen atoms in total. The number of aliphatic hydroxyl groups excluding tert-OH is 2. The summed E-state index contributed by atoms with van der Waals surface area (Å²) in [5, 5.41) is 32.5. The van der Waals surface area contributed by atoms with Crippen molar-refractivity contribution in [2.75, 3.05) is 19.0 Å². The molecule has 2 aromatic rings. The fourth-order valence-electron chi connectivity index (χ4n) is 2.45. The minimum atomic E-state index is -1.15. The van der Waals surface area contributed by atoms with E-state index in [2.05, 4.69) is 5.32 Å². The van der Waals surface area contributed by atoms with E-state index in [0.29, 0.717) is 16.9 Å². The van der Waals surface area contributed by atoms with Crippen molar-refractivity contribution in [1.29, 1.82) is 0 Å². The average molecular weight is 296 g/mol. The average Bonchev–Trinajstić information content (AvgIpc) is 2.75. The molecule has 0 bridgehead atoms. The van der Waals surface area contributed by atoms with Gasteiger partial charge in [-0.15, -0.1) is 0 Å². The van der Waals surface area contributed by atoms with Crippen LogP contribution in [0.25, 0.3) is 10.9 Å². The molecular formula is C15H21FN2O3. The maximum absolute atomic E-state index is 14.0. The highest BCUT2D eigenvalue weighted by Crippen LogP contribution is 2.31. The predicted molar refractivity (Wildman–Crippen MR) is 79.8 cm³/mol. The first-order valence-corrected chi connectivity index (χ1v) is 6.80. The van der Waals surface area contributed by atoms with Crippen LogP contribution in [0.15, 0.2) is 18.2 Å². The molecule has 4 N–H and O–H groups in total. The summed E-state index contributed by atoms with van der Waals surface area (Å²) in [5.41, 5.74) is 0.336. The summed E-state index contributed by atoms with van der Waals surface area (Å²) in [6.45, 7) is 2.93. The van der Waals surface area contributed by atoms with Crippen LogP contribution in [0.2, 0.25) is 0 Å². The summed E-state index contributed by atoms with van der Waals surface area (Å²) >= 11 is 0. The number of anilines is 1. The van der Waals surface area contributed by atoms with Crippen LogP contribution >= 0.6 is 0 Å². The molecule has 0 unspecified atom stereocenters. The highest BCUT2D eigenvalue weighted by atomic mass is 19.1. The number of hydrogen-bond donors (Lipinski definition) is 4. The van der Waals surface area contributed by atoms with E-state index in [-0.39, 0.29) is 6.54 Å². The van der Waals surface area contributed by atoms with Gasteiger partial charge in [-0.2, -0.15) is 0 Å². The quantitative estimate of drug-likeness (QED) is 0.673. The lowest BCUT2D eigenvalue weighted by molar-refractivity contribution is 0.0569. The molecule has 1 aromatic heterocycles. The third-order valence-corrected chi connectivity index (χ3v) is 3.49. The molecular weight excluding hydrogens is 275 g/mol. The summed E-state index contributed by atoms with van der Waals surface area (Å²) in [6.07, 6.45) is -0.978. The molecule has 0 aliphatic rings. The van der Waals surface area contributed by atoms with E-state index in [1.54, 1.807) is 37.6 Å². The third kappa shape index (κ3) is 3.02. The number of halogens is 1. The number of rotatable bonds is 5. The second-order valence-corrected chi connectivity index (χ2v) is 5.68. The van der Waals surface area contributed by atoms with Crippen LogP contribution in [0.5, 0.6) is 0 Å². The monoisotopic (exact) mass is 296 g/mol. The van der Waals surface area contributed by atoms with E-state index in [9.17, 15) is 14.6 Å². The second-order valence-electron chi connectivity index (χ2n) is 5.68. The Morgan fingerprint density at radius 1 is 1.33 bits per heavy atom. The van der Waals surface area contributed by atoms with Gasteiger partial charge in [0.25, 0.3) is 0 Å². The lowest BCUT2D eigenvalue weighted by atomic mass is 10.1. The molecule has 0 aliphatic heterocycles. The van der Waals surface area contributed by atoms with Crippen LogP contribution < -0.4 is 5.32 Å². The maximum Gasteiger partial charge on any atom is 0.148 e. The van der Waals surface area contributed by atoms with Gasteiger partial charge in [-0.05, 0) is 26.0 Å². The maximum atomic E-state index is 14.0. The van der Waals surface area contributed by atoms with Crippen LogP contribution in [0.1, 0.15) is 19.5 Å². The van der Waals surface area contributed by atoms with Crippen molar-refractivity contribution in [2.24, 2.45) is 0 Å². The van der Waals surface area contributed by atoms with E-state index >= 15 is 0 Å². The first-order chi connectivity index (χ1) is 9.77. The first-order valence-electron chi connectivity index (χ1n) is 6.80. The fourth-order valence-corrected chi connectivity index (χ4v) is 2.45. The molecule has 0 fully saturated rings. The molecule has 2 rings (SSSR count). The normalized spacial score (nSPS) is 13.7. The van der Waals surface area contributed by atoms with Gasteiger partial charge < -0.3 is 25.2 Å². The minimum absolute atomic E-state index is 0.0810. The van der Waals surface area contributed by atoms with Gasteiger partial charge in [-0.3, -0.25) is 0 Å². The standard InChI is InChI=1S/C15H21FN2O3/c1-15(2,21)14-5-9-4-12(17-3)11(16)6-13(9)18(14)7-10(20)8-19/h4-6,10,17,19-21H,7-8H2,1-3H3/t10-/m1/s1. The number of nitrogens with zero attached hydrogens (tertiary/aromatic N) is 1. The van der Waals surface area contributed by atoms with Crippen LogP contribution in [0.4, 0.5) is 10.1 Å². The Kier molecular flexibility index (Phi) is 4.22. The third-order valence-electron chi connectivity index (χ3n) is 3.49. The van der Waals surface area contributed by atoms with Crippen molar-refractivity contribution >= 4 is 16.6 Å². The number of benzene rings is 1. The Labute approximate surface area is 122 Å². The van der Waals surface area contributed by atoms with Crippen molar-refractivity contribution in [3.05, 3.63) is 29.7 Å². The van der Waals surface area contributed by atoms with E-state index in [0.717, 1.165) is 5.39 Å². The van der Waals surface area contributed by atoms with Crippen molar-refractivity contribution in [1.82, 2.24) is 4.57 Å². The number of aromatic nitrogens is 1. The fraction of sp³-hybridized carbons (Fsp3) is 0.467. The minimum Gasteiger partial charge on any atom is -0.394 e. The molecule has 1 atom stereocenters. The van der Waals surface area contributed by atoms with Crippen molar-refractivity contribution < 1.29 is 19.7 Å². The van der Waals surface area contributed by atoms with Gasteiger partial charge in [0.05, 0.1) is 41.8 Å². The van der Waals surface area contributed by atoms with Gasteiger partial charge in [-0.1, -0.05) is 0 Å². The Bertz CT molecular complexity index is 646. The molecule has 0 saturated carbocycles. The molecule has 0 spiro atoms. The van der Waals surface area contributed by atoms with Gasteiger partial charge >= 0.3 is 0 Å². The highest BCUT2D eigenvalue weighted by Gasteiger charge is 2.24. The van der Waals surface area contributed by atoms with Gasteiger partial charge in [0.15, 0.2) is 0 Å². The van der Waals surface area contributed by atoms with Gasteiger partial charge in [0.2, 0.25) is 0 Å². The summed E-state index contributed by atoms with van der Waals surface area (Å²) in [4.78, 5) is 0. The predicted octanol–water partition coefficient (Wildman–Crippen LogP) is 1.40. The second kappa shape index (κ2) is 5.63. The van der Waals surface area contributed by atoms with Crippen LogP contribution in [-0.4, -0.2) is 39.6 Å². The Morgan fingerprint density at radius 2 is 2.00 bits per heavy atom. The van der Waals surface area contributed by atoms with E-state index in [1.807, 2.05) is 0 Å². The Morgan fingerprint density at radius 3 is 2.52 bits per heavy atom. The number of aliphatic hydroxyl groups is 3. The highest BCUT2D eigenvalue weighted by molar-refractivity contribution is 5.85. The number of fused-ring (bicyclic) bond motifs is 1. The molecule has 1 aromatic carbocycles. The Balaban J connectivity index is 2.68. The van der Waals surface area contributed by atoms with Crippen molar-refractivity contribution in [3.63, 3.8) is 0 Å². The largest absolute Gasteiger partial charge is 0.394 e. The summed E-state index contributed by atoms with van der Waals surface area (Å²) in [5.74, 6) is -0.412. The molecule has 116 valence electrons. The summed E-state index contributed by atoms with van der Waals surface area (Å²) < 4.78 is 15.6. The van der Waals surface area contributed by atoms with Crippen molar-refractivity contribution in [3.8, 4) is 0 Å². The molecule has 1 heterocycles. The molecule has 0 amide bonds.